The minimum Gasteiger partial charge on any atom is -0.353 e. The third-order valence-corrected chi connectivity index (χ3v) is 2.48. The Morgan fingerprint density at radius 2 is 1.94 bits per heavy atom. The fourth-order valence-corrected chi connectivity index (χ4v) is 1.60. The first-order chi connectivity index (χ1) is 8.20. The number of rotatable bonds is 2. The molecule has 0 heterocycles. The Labute approximate surface area is 99.3 Å². The molecule has 2 aromatic rings. The van der Waals surface area contributed by atoms with Gasteiger partial charge in [0.15, 0.2) is 0 Å². The monoisotopic (exact) mass is 226 g/mol. The average Bonchev–Trinajstić information content (AvgIpc) is 2.34. The lowest BCUT2D eigenvalue weighted by Crippen LogP contribution is -1.96. The molecule has 0 saturated carbocycles. The van der Waals surface area contributed by atoms with E-state index in [0.29, 0.717) is 16.9 Å². The van der Waals surface area contributed by atoms with Gasteiger partial charge in [-0.05, 0) is 36.8 Å². The highest BCUT2D eigenvalue weighted by Crippen LogP contribution is 2.23. The van der Waals surface area contributed by atoms with Crippen LogP contribution >= 0.6 is 0 Å². The molecule has 0 aliphatic carbocycles. The molecule has 0 amide bonds. The van der Waals surface area contributed by atoms with Crippen LogP contribution in [0.1, 0.15) is 11.1 Å². The van der Waals surface area contributed by atoms with Gasteiger partial charge in [-0.25, -0.2) is 4.39 Å². The van der Waals surface area contributed by atoms with Crippen molar-refractivity contribution in [1.82, 2.24) is 0 Å². The first-order valence-corrected chi connectivity index (χ1v) is 5.23. The summed E-state index contributed by atoms with van der Waals surface area (Å²) in [4.78, 5) is 0. The molecule has 0 unspecified atom stereocenters. The van der Waals surface area contributed by atoms with Gasteiger partial charge in [0.05, 0.1) is 17.3 Å². The van der Waals surface area contributed by atoms with Crippen LogP contribution in [0.4, 0.5) is 15.8 Å². The number of nitrogens with zero attached hydrogens (tertiary/aromatic N) is 1. The van der Waals surface area contributed by atoms with Gasteiger partial charge < -0.3 is 5.32 Å². The topological polar surface area (TPSA) is 35.8 Å². The molecular weight excluding hydrogens is 215 g/mol. The maximum absolute atomic E-state index is 13.6. The summed E-state index contributed by atoms with van der Waals surface area (Å²) < 4.78 is 13.6. The third kappa shape index (κ3) is 2.43. The number of nitriles is 1. The Hall–Kier alpha value is -2.34. The van der Waals surface area contributed by atoms with Crippen LogP contribution in [-0.2, 0) is 0 Å². The SMILES string of the molecule is Cc1cccc(F)c1Nc1cccc(C#N)c1. The quantitative estimate of drug-likeness (QED) is 0.846. The Morgan fingerprint density at radius 1 is 1.18 bits per heavy atom. The average molecular weight is 226 g/mol. The van der Waals surface area contributed by atoms with E-state index in [9.17, 15) is 4.39 Å². The van der Waals surface area contributed by atoms with E-state index in [1.807, 2.05) is 19.1 Å². The molecule has 3 heteroatoms. The summed E-state index contributed by atoms with van der Waals surface area (Å²) in [5, 5.41) is 11.8. The summed E-state index contributed by atoms with van der Waals surface area (Å²) >= 11 is 0. The number of halogens is 1. The van der Waals surface area contributed by atoms with Gasteiger partial charge in [-0.15, -0.1) is 0 Å². The van der Waals surface area contributed by atoms with Gasteiger partial charge in [0.1, 0.15) is 5.82 Å². The van der Waals surface area contributed by atoms with Crippen molar-refractivity contribution in [3.8, 4) is 6.07 Å². The zero-order valence-electron chi connectivity index (χ0n) is 9.37. The van der Waals surface area contributed by atoms with Crippen LogP contribution in [-0.4, -0.2) is 0 Å². The van der Waals surface area contributed by atoms with Gasteiger partial charge in [-0.3, -0.25) is 0 Å². The molecule has 0 spiro atoms. The van der Waals surface area contributed by atoms with E-state index in [-0.39, 0.29) is 5.82 Å². The van der Waals surface area contributed by atoms with Crippen molar-refractivity contribution in [2.24, 2.45) is 0 Å². The second kappa shape index (κ2) is 4.67. The molecule has 0 saturated heterocycles. The lowest BCUT2D eigenvalue weighted by atomic mass is 10.1. The molecule has 84 valence electrons. The molecule has 0 radical (unpaired) electrons. The Kier molecular flexibility index (Phi) is 3.06. The number of para-hydroxylation sites is 1. The molecule has 1 N–H and O–H groups in total. The van der Waals surface area contributed by atoms with Crippen molar-refractivity contribution in [3.63, 3.8) is 0 Å². The van der Waals surface area contributed by atoms with E-state index in [0.717, 1.165) is 5.56 Å². The maximum atomic E-state index is 13.6. The van der Waals surface area contributed by atoms with Crippen molar-refractivity contribution in [2.45, 2.75) is 6.92 Å². The number of anilines is 2. The van der Waals surface area contributed by atoms with Crippen molar-refractivity contribution >= 4 is 11.4 Å². The van der Waals surface area contributed by atoms with Crippen LogP contribution in [0.5, 0.6) is 0 Å². The van der Waals surface area contributed by atoms with Crippen LogP contribution in [0.25, 0.3) is 0 Å². The van der Waals surface area contributed by atoms with Gasteiger partial charge in [0, 0.05) is 5.69 Å². The van der Waals surface area contributed by atoms with Crippen molar-refractivity contribution in [3.05, 3.63) is 59.4 Å². The fraction of sp³-hybridized carbons (Fsp3) is 0.0714. The summed E-state index contributed by atoms with van der Waals surface area (Å²) in [6.45, 7) is 1.83. The van der Waals surface area contributed by atoms with Gasteiger partial charge in [0.2, 0.25) is 0 Å². The number of aryl methyl sites for hydroxylation is 1. The summed E-state index contributed by atoms with van der Waals surface area (Å²) in [6, 6.07) is 13.9. The summed E-state index contributed by atoms with van der Waals surface area (Å²) in [7, 11) is 0. The molecule has 2 rings (SSSR count). The number of hydrogen-bond acceptors (Lipinski definition) is 2. The zero-order chi connectivity index (χ0) is 12.3. The van der Waals surface area contributed by atoms with E-state index >= 15 is 0 Å². The van der Waals surface area contributed by atoms with Gasteiger partial charge >= 0.3 is 0 Å². The second-order valence-electron chi connectivity index (χ2n) is 3.75. The minimum absolute atomic E-state index is 0.299. The van der Waals surface area contributed by atoms with E-state index in [4.69, 9.17) is 5.26 Å². The first-order valence-electron chi connectivity index (χ1n) is 5.23. The van der Waals surface area contributed by atoms with Crippen LogP contribution in [0.3, 0.4) is 0 Å². The normalized spacial score (nSPS) is 9.71. The van der Waals surface area contributed by atoms with Gasteiger partial charge in [0.25, 0.3) is 0 Å². The Morgan fingerprint density at radius 3 is 2.65 bits per heavy atom. The molecule has 17 heavy (non-hydrogen) atoms. The zero-order valence-corrected chi connectivity index (χ0v) is 9.37. The Balaban J connectivity index is 2.35. The molecule has 0 aliphatic rings. The molecule has 0 fully saturated rings. The summed E-state index contributed by atoms with van der Waals surface area (Å²) in [5.74, 6) is -0.299. The maximum Gasteiger partial charge on any atom is 0.146 e. The Bertz CT molecular complexity index is 565. The van der Waals surface area contributed by atoms with Gasteiger partial charge in [-0.1, -0.05) is 18.2 Å². The van der Waals surface area contributed by atoms with Crippen LogP contribution in [0, 0.1) is 24.1 Å². The summed E-state index contributed by atoms with van der Waals surface area (Å²) in [6.07, 6.45) is 0. The molecule has 2 nitrogen and oxygen atoms in total. The highest BCUT2D eigenvalue weighted by molar-refractivity contribution is 5.64. The molecular formula is C14H11FN2. The standard InChI is InChI=1S/C14H11FN2/c1-10-4-2-7-13(15)14(10)17-12-6-3-5-11(8-12)9-16/h2-8,17H,1H3. The fourth-order valence-electron chi connectivity index (χ4n) is 1.60. The number of nitrogens with one attached hydrogen (secondary N) is 1. The van der Waals surface area contributed by atoms with Crippen LogP contribution < -0.4 is 5.32 Å². The van der Waals surface area contributed by atoms with Crippen LogP contribution in [0.2, 0.25) is 0 Å². The smallest absolute Gasteiger partial charge is 0.146 e. The van der Waals surface area contributed by atoms with E-state index < -0.39 is 0 Å². The third-order valence-electron chi connectivity index (χ3n) is 2.48. The van der Waals surface area contributed by atoms with Crippen molar-refractivity contribution in [1.29, 1.82) is 5.26 Å². The molecule has 2 aromatic carbocycles. The number of benzene rings is 2. The molecule has 0 aromatic heterocycles. The molecule has 0 aliphatic heterocycles. The van der Waals surface area contributed by atoms with Crippen molar-refractivity contribution in [2.75, 3.05) is 5.32 Å². The van der Waals surface area contributed by atoms with Crippen molar-refractivity contribution < 1.29 is 4.39 Å². The molecule has 0 bridgehead atoms. The highest BCUT2D eigenvalue weighted by Gasteiger charge is 2.05. The van der Waals surface area contributed by atoms with E-state index in [2.05, 4.69) is 5.32 Å². The van der Waals surface area contributed by atoms with Crippen LogP contribution in [0.15, 0.2) is 42.5 Å². The lowest BCUT2D eigenvalue weighted by molar-refractivity contribution is 0.631. The van der Waals surface area contributed by atoms with E-state index in [1.165, 1.54) is 6.07 Å². The highest BCUT2D eigenvalue weighted by atomic mass is 19.1. The van der Waals surface area contributed by atoms with E-state index in [1.54, 1.807) is 30.3 Å². The number of hydrogen-bond donors (Lipinski definition) is 1. The largest absolute Gasteiger partial charge is 0.353 e. The first kappa shape index (κ1) is 11.2. The lowest BCUT2D eigenvalue weighted by Gasteiger charge is -2.10. The predicted molar refractivity (Wildman–Crippen MR) is 65.6 cm³/mol. The second-order valence-corrected chi connectivity index (χ2v) is 3.75. The summed E-state index contributed by atoms with van der Waals surface area (Å²) in [5.41, 5.74) is 2.52. The van der Waals surface area contributed by atoms with Gasteiger partial charge in [-0.2, -0.15) is 5.26 Å². The molecule has 0 atom stereocenters. The predicted octanol–water partition coefficient (Wildman–Crippen LogP) is 3.75. The minimum atomic E-state index is -0.299.